The zero-order chi connectivity index (χ0) is 15.2. The van der Waals surface area contributed by atoms with Crippen molar-refractivity contribution >= 4 is 23.2 Å². The third-order valence-electron chi connectivity index (χ3n) is 4.00. The molecule has 5 heteroatoms. The molecule has 0 saturated heterocycles. The number of thiophene rings is 1. The lowest BCUT2D eigenvalue weighted by molar-refractivity contribution is -0.137. The van der Waals surface area contributed by atoms with Gasteiger partial charge in [0.1, 0.15) is 0 Å². The number of amides is 1. The first kappa shape index (κ1) is 16.0. The smallest absolute Gasteiger partial charge is 0.303 e. The van der Waals surface area contributed by atoms with Crippen LogP contribution >= 0.6 is 11.3 Å². The monoisotopic (exact) mass is 309 g/mol. The number of carboxylic acid groups (broad SMARTS) is 1. The molecule has 116 valence electrons. The molecule has 21 heavy (non-hydrogen) atoms. The lowest BCUT2D eigenvalue weighted by Gasteiger charge is -2.18. The van der Waals surface area contributed by atoms with E-state index < -0.39 is 5.97 Å². The Kier molecular flexibility index (Phi) is 5.79. The Balaban J connectivity index is 1.75. The highest BCUT2D eigenvalue weighted by atomic mass is 32.1. The van der Waals surface area contributed by atoms with Crippen LogP contribution in [0.4, 0.5) is 0 Å². The first-order valence-electron chi connectivity index (χ1n) is 7.67. The van der Waals surface area contributed by atoms with Gasteiger partial charge in [-0.25, -0.2) is 0 Å². The van der Waals surface area contributed by atoms with Gasteiger partial charge in [-0.05, 0) is 43.6 Å². The minimum Gasteiger partial charge on any atom is -0.481 e. The molecule has 1 amide bonds. The van der Waals surface area contributed by atoms with E-state index in [1.807, 2.05) is 5.38 Å². The summed E-state index contributed by atoms with van der Waals surface area (Å²) >= 11 is 1.71. The van der Waals surface area contributed by atoms with Crippen LogP contribution in [0.25, 0.3) is 0 Å². The summed E-state index contributed by atoms with van der Waals surface area (Å²) in [5.41, 5.74) is 2.11. The maximum absolute atomic E-state index is 12.2. The summed E-state index contributed by atoms with van der Waals surface area (Å²) in [4.78, 5) is 24.0. The number of rotatable bonds is 7. The molecule has 0 spiro atoms. The number of aliphatic carboxylic acids is 1. The Morgan fingerprint density at radius 2 is 2.19 bits per heavy atom. The van der Waals surface area contributed by atoms with Gasteiger partial charge in [-0.3, -0.25) is 9.59 Å². The first-order chi connectivity index (χ1) is 10.1. The Hall–Kier alpha value is -1.36. The number of fused-ring (bicyclic) bond motifs is 1. The Labute approximate surface area is 129 Å². The molecule has 1 aliphatic carbocycles. The van der Waals surface area contributed by atoms with Crippen LogP contribution in [0.1, 0.15) is 59.8 Å². The number of hydrogen-bond acceptors (Lipinski definition) is 3. The van der Waals surface area contributed by atoms with E-state index in [0.717, 1.165) is 37.2 Å². The molecule has 0 aromatic carbocycles. The molecule has 2 rings (SSSR count). The Bertz CT molecular complexity index is 510. The highest BCUT2D eigenvalue weighted by molar-refractivity contribution is 7.10. The van der Waals surface area contributed by atoms with Crippen molar-refractivity contribution in [2.75, 3.05) is 6.54 Å². The highest BCUT2D eigenvalue weighted by Crippen LogP contribution is 2.32. The van der Waals surface area contributed by atoms with Gasteiger partial charge in [-0.15, -0.1) is 11.3 Å². The van der Waals surface area contributed by atoms with Gasteiger partial charge in [0, 0.05) is 23.2 Å². The maximum atomic E-state index is 12.2. The molecule has 1 aromatic heterocycles. The zero-order valence-corrected chi connectivity index (χ0v) is 13.3. The lowest BCUT2D eigenvalue weighted by Crippen LogP contribution is -2.25. The third kappa shape index (κ3) is 4.56. The van der Waals surface area contributed by atoms with Crippen molar-refractivity contribution in [1.82, 2.24) is 5.32 Å². The second kappa shape index (κ2) is 7.59. The molecule has 0 bridgehead atoms. The van der Waals surface area contributed by atoms with Crippen LogP contribution in [-0.4, -0.2) is 23.5 Å². The Morgan fingerprint density at radius 1 is 1.38 bits per heavy atom. The highest BCUT2D eigenvalue weighted by Gasteiger charge is 2.22. The molecule has 1 unspecified atom stereocenters. The molecular formula is C16H23NO3S. The second-order valence-electron chi connectivity index (χ2n) is 5.86. The normalized spacial score (nSPS) is 17.3. The van der Waals surface area contributed by atoms with Gasteiger partial charge in [0.15, 0.2) is 0 Å². The van der Waals surface area contributed by atoms with Gasteiger partial charge >= 0.3 is 5.97 Å². The summed E-state index contributed by atoms with van der Waals surface area (Å²) in [6, 6.07) is 0. The van der Waals surface area contributed by atoms with E-state index in [4.69, 9.17) is 5.11 Å². The van der Waals surface area contributed by atoms with Gasteiger partial charge in [-0.1, -0.05) is 13.3 Å². The fourth-order valence-corrected chi connectivity index (χ4v) is 3.99. The molecule has 1 aromatic rings. The Morgan fingerprint density at radius 3 is 2.95 bits per heavy atom. The topological polar surface area (TPSA) is 66.4 Å². The maximum Gasteiger partial charge on any atom is 0.303 e. The third-order valence-corrected chi connectivity index (χ3v) is 5.05. The average molecular weight is 309 g/mol. The first-order valence-corrected chi connectivity index (χ1v) is 8.55. The molecule has 1 heterocycles. The fraction of sp³-hybridized carbons (Fsp3) is 0.625. The van der Waals surface area contributed by atoms with Crippen molar-refractivity contribution < 1.29 is 14.7 Å². The molecule has 0 fully saturated rings. The molecule has 1 atom stereocenters. The van der Waals surface area contributed by atoms with Gasteiger partial charge in [-0.2, -0.15) is 0 Å². The van der Waals surface area contributed by atoms with Gasteiger partial charge in [0.2, 0.25) is 0 Å². The number of nitrogens with one attached hydrogen (secondary N) is 1. The number of carbonyl (C=O) groups excluding carboxylic acids is 1. The standard InChI is InChI=1S/C16H23NO3S/c1-11-6-7-12-13(10-21-14(12)9-11)16(20)17-8-4-2-3-5-15(18)19/h10-11H,2-9H2,1H3,(H,17,20)(H,18,19). The van der Waals surface area contributed by atoms with Crippen LogP contribution < -0.4 is 5.32 Å². The summed E-state index contributed by atoms with van der Waals surface area (Å²) < 4.78 is 0. The molecule has 4 nitrogen and oxygen atoms in total. The molecule has 0 radical (unpaired) electrons. The van der Waals surface area contributed by atoms with Crippen LogP contribution in [0.5, 0.6) is 0 Å². The van der Waals surface area contributed by atoms with E-state index >= 15 is 0 Å². The van der Waals surface area contributed by atoms with Crippen molar-refractivity contribution in [2.24, 2.45) is 5.92 Å². The molecule has 0 aliphatic heterocycles. The minimum atomic E-state index is -0.752. The molecular weight excluding hydrogens is 286 g/mol. The van der Waals surface area contributed by atoms with Gasteiger partial charge < -0.3 is 10.4 Å². The van der Waals surface area contributed by atoms with E-state index in [2.05, 4.69) is 12.2 Å². The predicted octanol–water partition coefficient (Wildman–Crippen LogP) is 3.25. The van der Waals surface area contributed by atoms with Crippen LogP contribution in [0, 0.1) is 5.92 Å². The summed E-state index contributed by atoms with van der Waals surface area (Å²) in [6.45, 7) is 2.89. The summed E-state index contributed by atoms with van der Waals surface area (Å²) in [6.07, 6.45) is 5.85. The summed E-state index contributed by atoms with van der Waals surface area (Å²) in [5, 5.41) is 13.5. The van der Waals surface area contributed by atoms with Crippen molar-refractivity contribution in [3.05, 3.63) is 21.4 Å². The SMILES string of the molecule is CC1CCc2c(C(=O)NCCCCCC(=O)O)csc2C1. The molecule has 0 saturated carbocycles. The van der Waals surface area contributed by atoms with Gasteiger partial charge in [0.05, 0.1) is 5.56 Å². The minimum absolute atomic E-state index is 0.0280. The second-order valence-corrected chi connectivity index (χ2v) is 6.82. The number of unbranched alkanes of at least 4 members (excludes halogenated alkanes) is 2. The zero-order valence-electron chi connectivity index (χ0n) is 12.5. The van der Waals surface area contributed by atoms with Crippen LogP contribution in [0.3, 0.4) is 0 Å². The van der Waals surface area contributed by atoms with Crippen molar-refractivity contribution in [2.45, 2.75) is 51.9 Å². The fourth-order valence-electron chi connectivity index (χ4n) is 2.74. The summed E-state index contributed by atoms with van der Waals surface area (Å²) in [7, 11) is 0. The van der Waals surface area contributed by atoms with E-state index in [9.17, 15) is 9.59 Å². The summed E-state index contributed by atoms with van der Waals surface area (Å²) in [5.74, 6) is -0.000232. The largest absolute Gasteiger partial charge is 0.481 e. The van der Waals surface area contributed by atoms with Crippen molar-refractivity contribution in [3.63, 3.8) is 0 Å². The van der Waals surface area contributed by atoms with Gasteiger partial charge in [0.25, 0.3) is 5.91 Å². The van der Waals surface area contributed by atoms with E-state index in [0.29, 0.717) is 13.0 Å². The number of carbonyl (C=O) groups is 2. The quantitative estimate of drug-likeness (QED) is 0.760. The van der Waals surface area contributed by atoms with Crippen LogP contribution in [-0.2, 0) is 17.6 Å². The van der Waals surface area contributed by atoms with E-state index in [1.54, 1.807) is 11.3 Å². The van der Waals surface area contributed by atoms with Crippen molar-refractivity contribution in [3.8, 4) is 0 Å². The van der Waals surface area contributed by atoms with Crippen LogP contribution in [0.2, 0.25) is 0 Å². The molecule has 1 aliphatic rings. The average Bonchev–Trinajstić information content (AvgIpc) is 2.85. The van der Waals surface area contributed by atoms with E-state index in [-0.39, 0.29) is 12.3 Å². The van der Waals surface area contributed by atoms with Crippen molar-refractivity contribution in [1.29, 1.82) is 0 Å². The number of hydrogen-bond donors (Lipinski definition) is 2. The lowest BCUT2D eigenvalue weighted by atomic mass is 9.88. The molecule has 2 N–H and O–H groups in total. The number of carboxylic acids is 1. The predicted molar refractivity (Wildman–Crippen MR) is 83.9 cm³/mol. The van der Waals surface area contributed by atoms with E-state index in [1.165, 1.54) is 16.9 Å². The van der Waals surface area contributed by atoms with Crippen LogP contribution in [0.15, 0.2) is 5.38 Å².